The SMILES string of the molecule is COc1ccc(Br)c(CNc2cccc(CN(C)C)c2)c1. The lowest BCUT2D eigenvalue weighted by Crippen LogP contribution is -2.10. The molecule has 0 heterocycles. The van der Waals surface area contributed by atoms with Gasteiger partial charge in [0, 0.05) is 23.2 Å². The van der Waals surface area contributed by atoms with Crippen LogP contribution in [0.25, 0.3) is 0 Å². The highest BCUT2D eigenvalue weighted by Crippen LogP contribution is 2.23. The van der Waals surface area contributed by atoms with Crippen molar-refractivity contribution in [3.05, 3.63) is 58.1 Å². The van der Waals surface area contributed by atoms with Crippen LogP contribution < -0.4 is 10.1 Å². The van der Waals surface area contributed by atoms with E-state index in [0.717, 1.165) is 29.0 Å². The molecular weight excluding hydrogens is 328 g/mol. The first-order valence-corrected chi connectivity index (χ1v) is 7.68. The Hall–Kier alpha value is -1.52. The average Bonchev–Trinajstić information content (AvgIpc) is 2.46. The number of hydrogen-bond donors (Lipinski definition) is 1. The van der Waals surface area contributed by atoms with Gasteiger partial charge in [-0.3, -0.25) is 0 Å². The molecular formula is C17H21BrN2O. The summed E-state index contributed by atoms with van der Waals surface area (Å²) in [6.07, 6.45) is 0. The van der Waals surface area contributed by atoms with Gasteiger partial charge in [0.25, 0.3) is 0 Å². The Bertz CT molecular complexity index is 599. The molecule has 21 heavy (non-hydrogen) atoms. The maximum atomic E-state index is 5.27. The van der Waals surface area contributed by atoms with Gasteiger partial charge in [0.05, 0.1) is 7.11 Å². The summed E-state index contributed by atoms with van der Waals surface area (Å²) in [5.41, 5.74) is 3.60. The van der Waals surface area contributed by atoms with Gasteiger partial charge in [0.1, 0.15) is 5.75 Å². The van der Waals surface area contributed by atoms with E-state index in [4.69, 9.17) is 4.74 Å². The van der Waals surface area contributed by atoms with Crippen LogP contribution in [0.1, 0.15) is 11.1 Å². The van der Waals surface area contributed by atoms with Crippen molar-refractivity contribution >= 4 is 21.6 Å². The van der Waals surface area contributed by atoms with Crippen LogP contribution in [0, 0.1) is 0 Å². The Labute approximate surface area is 135 Å². The summed E-state index contributed by atoms with van der Waals surface area (Å²) >= 11 is 3.58. The maximum Gasteiger partial charge on any atom is 0.119 e. The summed E-state index contributed by atoms with van der Waals surface area (Å²) in [6, 6.07) is 14.5. The molecule has 0 atom stereocenters. The van der Waals surface area contributed by atoms with Crippen molar-refractivity contribution < 1.29 is 4.74 Å². The summed E-state index contributed by atoms with van der Waals surface area (Å²) in [5.74, 6) is 0.872. The molecule has 0 bridgehead atoms. The summed E-state index contributed by atoms with van der Waals surface area (Å²) < 4.78 is 6.35. The molecule has 0 fully saturated rings. The third-order valence-electron chi connectivity index (χ3n) is 3.16. The van der Waals surface area contributed by atoms with Crippen LogP contribution in [0.5, 0.6) is 5.75 Å². The summed E-state index contributed by atoms with van der Waals surface area (Å²) in [5, 5.41) is 3.46. The number of ether oxygens (including phenoxy) is 1. The van der Waals surface area contributed by atoms with Crippen LogP contribution in [0.4, 0.5) is 5.69 Å². The summed E-state index contributed by atoms with van der Waals surface area (Å²) in [7, 11) is 5.84. The number of nitrogens with zero attached hydrogens (tertiary/aromatic N) is 1. The minimum absolute atomic E-state index is 0.753. The molecule has 0 aliphatic heterocycles. The van der Waals surface area contributed by atoms with E-state index in [2.05, 4.69) is 64.5 Å². The molecule has 112 valence electrons. The molecule has 2 aromatic rings. The molecule has 2 rings (SSSR count). The largest absolute Gasteiger partial charge is 0.497 e. The number of benzene rings is 2. The molecule has 1 N–H and O–H groups in total. The van der Waals surface area contributed by atoms with Gasteiger partial charge in [-0.15, -0.1) is 0 Å². The van der Waals surface area contributed by atoms with Crippen molar-refractivity contribution in [3.63, 3.8) is 0 Å². The van der Waals surface area contributed by atoms with Crippen LogP contribution in [0.2, 0.25) is 0 Å². The van der Waals surface area contributed by atoms with Crippen molar-refractivity contribution in [2.45, 2.75) is 13.1 Å². The zero-order valence-corrected chi connectivity index (χ0v) is 14.3. The molecule has 0 aromatic heterocycles. The number of hydrogen-bond acceptors (Lipinski definition) is 3. The lowest BCUT2D eigenvalue weighted by atomic mass is 10.1. The molecule has 0 aliphatic rings. The molecule has 0 unspecified atom stereocenters. The lowest BCUT2D eigenvalue weighted by molar-refractivity contribution is 0.402. The minimum Gasteiger partial charge on any atom is -0.497 e. The van der Waals surface area contributed by atoms with Gasteiger partial charge in [-0.05, 0) is 55.6 Å². The Morgan fingerprint density at radius 1 is 1.14 bits per heavy atom. The van der Waals surface area contributed by atoms with Crippen molar-refractivity contribution in [2.75, 3.05) is 26.5 Å². The zero-order chi connectivity index (χ0) is 15.2. The number of anilines is 1. The second kappa shape index (κ2) is 7.48. The van der Waals surface area contributed by atoms with E-state index in [-0.39, 0.29) is 0 Å². The van der Waals surface area contributed by atoms with E-state index >= 15 is 0 Å². The fraction of sp³-hybridized carbons (Fsp3) is 0.294. The van der Waals surface area contributed by atoms with Crippen molar-refractivity contribution in [2.24, 2.45) is 0 Å². The number of halogens is 1. The highest BCUT2D eigenvalue weighted by Gasteiger charge is 2.03. The molecule has 0 radical (unpaired) electrons. The third-order valence-corrected chi connectivity index (χ3v) is 3.94. The quantitative estimate of drug-likeness (QED) is 0.849. The fourth-order valence-corrected chi connectivity index (χ4v) is 2.54. The van der Waals surface area contributed by atoms with Gasteiger partial charge in [-0.2, -0.15) is 0 Å². The van der Waals surface area contributed by atoms with Crippen molar-refractivity contribution in [1.29, 1.82) is 0 Å². The Morgan fingerprint density at radius 3 is 2.67 bits per heavy atom. The molecule has 0 amide bonds. The molecule has 0 spiro atoms. The molecule has 0 saturated heterocycles. The lowest BCUT2D eigenvalue weighted by Gasteiger charge is -2.13. The van der Waals surface area contributed by atoms with Gasteiger partial charge in [-0.1, -0.05) is 28.1 Å². The summed E-state index contributed by atoms with van der Waals surface area (Å²) in [6.45, 7) is 1.70. The second-order valence-corrected chi connectivity index (χ2v) is 6.10. The maximum absolute atomic E-state index is 5.27. The molecule has 0 saturated carbocycles. The summed E-state index contributed by atoms with van der Waals surface area (Å²) in [4.78, 5) is 2.16. The Morgan fingerprint density at radius 2 is 1.95 bits per heavy atom. The first kappa shape index (κ1) is 15.9. The minimum atomic E-state index is 0.753. The standard InChI is InChI=1S/C17H21BrN2O/c1-20(2)12-13-5-4-6-15(9-13)19-11-14-10-16(21-3)7-8-17(14)18/h4-10,19H,11-12H2,1-3H3. The van der Waals surface area contributed by atoms with Crippen LogP contribution in [-0.4, -0.2) is 26.1 Å². The van der Waals surface area contributed by atoms with E-state index in [1.54, 1.807) is 7.11 Å². The number of methoxy groups -OCH3 is 1. The zero-order valence-electron chi connectivity index (χ0n) is 12.7. The first-order valence-electron chi connectivity index (χ1n) is 6.88. The Balaban J connectivity index is 2.06. The van der Waals surface area contributed by atoms with Crippen LogP contribution in [0.15, 0.2) is 46.9 Å². The molecule has 4 heteroatoms. The molecule has 3 nitrogen and oxygen atoms in total. The van der Waals surface area contributed by atoms with E-state index in [1.807, 2.05) is 18.2 Å². The van der Waals surface area contributed by atoms with E-state index in [1.165, 1.54) is 11.1 Å². The van der Waals surface area contributed by atoms with Crippen LogP contribution >= 0.6 is 15.9 Å². The number of nitrogens with one attached hydrogen (secondary N) is 1. The van der Waals surface area contributed by atoms with Gasteiger partial charge in [-0.25, -0.2) is 0 Å². The topological polar surface area (TPSA) is 24.5 Å². The highest BCUT2D eigenvalue weighted by molar-refractivity contribution is 9.10. The smallest absolute Gasteiger partial charge is 0.119 e. The average molecular weight is 349 g/mol. The third kappa shape index (κ3) is 4.76. The van der Waals surface area contributed by atoms with Crippen molar-refractivity contribution in [3.8, 4) is 5.75 Å². The molecule has 0 aliphatic carbocycles. The van der Waals surface area contributed by atoms with E-state index in [9.17, 15) is 0 Å². The predicted octanol–water partition coefficient (Wildman–Crippen LogP) is 4.13. The van der Waals surface area contributed by atoms with E-state index < -0.39 is 0 Å². The van der Waals surface area contributed by atoms with E-state index in [0.29, 0.717) is 0 Å². The number of rotatable bonds is 6. The Kier molecular flexibility index (Phi) is 5.65. The second-order valence-electron chi connectivity index (χ2n) is 5.25. The van der Waals surface area contributed by atoms with Gasteiger partial charge in [0.2, 0.25) is 0 Å². The van der Waals surface area contributed by atoms with Gasteiger partial charge >= 0.3 is 0 Å². The fourth-order valence-electron chi connectivity index (χ4n) is 2.16. The van der Waals surface area contributed by atoms with Gasteiger partial charge < -0.3 is 15.0 Å². The predicted molar refractivity (Wildman–Crippen MR) is 91.9 cm³/mol. The highest BCUT2D eigenvalue weighted by atomic mass is 79.9. The normalized spacial score (nSPS) is 10.7. The van der Waals surface area contributed by atoms with Crippen LogP contribution in [-0.2, 0) is 13.1 Å². The monoisotopic (exact) mass is 348 g/mol. The first-order chi connectivity index (χ1) is 10.1. The van der Waals surface area contributed by atoms with Crippen LogP contribution in [0.3, 0.4) is 0 Å². The van der Waals surface area contributed by atoms with Crippen molar-refractivity contribution in [1.82, 2.24) is 4.90 Å². The van der Waals surface area contributed by atoms with Gasteiger partial charge in [0.15, 0.2) is 0 Å². The molecule has 2 aromatic carbocycles.